The summed E-state index contributed by atoms with van der Waals surface area (Å²) >= 11 is 1.61. The zero-order chi connectivity index (χ0) is 8.97. The molecule has 0 spiro atoms. The SMILES string of the molecule is CCOCC(O)c1cscc1C. The van der Waals surface area contributed by atoms with Crippen LogP contribution in [0.1, 0.15) is 24.2 Å². The van der Waals surface area contributed by atoms with Crippen LogP contribution in [0.5, 0.6) is 0 Å². The van der Waals surface area contributed by atoms with Crippen LogP contribution in [0, 0.1) is 6.92 Å². The Morgan fingerprint density at radius 3 is 2.83 bits per heavy atom. The maximum Gasteiger partial charge on any atom is 0.103 e. The minimum absolute atomic E-state index is 0.397. The highest BCUT2D eigenvalue weighted by Crippen LogP contribution is 2.21. The summed E-state index contributed by atoms with van der Waals surface area (Å²) in [6.07, 6.45) is -0.462. The summed E-state index contributed by atoms with van der Waals surface area (Å²) in [5.74, 6) is 0. The number of ether oxygens (including phenoxy) is 1. The number of hydrogen-bond acceptors (Lipinski definition) is 3. The first-order valence-corrected chi connectivity index (χ1v) is 4.98. The normalized spacial score (nSPS) is 13.2. The van der Waals surface area contributed by atoms with Crippen LogP contribution < -0.4 is 0 Å². The van der Waals surface area contributed by atoms with Crippen molar-refractivity contribution in [3.8, 4) is 0 Å². The van der Waals surface area contributed by atoms with E-state index in [2.05, 4.69) is 0 Å². The van der Waals surface area contributed by atoms with Gasteiger partial charge in [0, 0.05) is 6.61 Å². The maximum absolute atomic E-state index is 9.60. The second kappa shape index (κ2) is 4.60. The quantitative estimate of drug-likeness (QED) is 0.780. The standard InChI is InChI=1S/C9H14O2S/c1-3-11-4-9(10)8-6-12-5-7(8)2/h5-6,9-10H,3-4H2,1-2H3. The summed E-state index contributed by atoms with van der Waals surface area (Å²) in [7, 11) is 0. The van der Waals surface area contributed by atoms with E-state index in [1.165, 1.54) is 0 Å². The summed E-state index contributed by atoms with van der Waals surface area (Å²) in [5, 5.41) is 13.6. The first kappa shape index (κ1) is 9.71. The molecule has 0 amide bonds. The van der Waals surface area contributed by atoms with Crippen LogP contribution in [-0.2, 0) is 4.74 Å². The third kappa shape index (κ3) is 2.30. The third-order valence-electron chi connectivity index (χ3n) is 1.73. The van der Waals surface area contributed by atoms with Crippen molar-refractivity contribution in [2.45, 2.75) is 20.0 Å². The van der Waals surface area contributed by atoms with Gasteiger partial charge in [0.25, 0.3) is 0 Å². The van der Waals surface area contributed by atoms with E-state index in [1.54, 1.807) is 11.3 Å². The molecule has 1 rings (SSSR count). The molecule has 3 heteroatoms. The lowest BCUT2D eigenvalue weighted by molar-refractivity contribution is 0.0419. The Kier molecular flexibility index (Phi) is 3.72. The number of rotatable bonds is 4. The Morgan fingerprint density at radius 2 is 2.33 bits per heavy atom. The van der Waals surface area contributed by atoms with Gasteiger partial charge in [0.15, 0.2) is 0 Å². The van der Waals surface area contributed by atoms with Crippen molar-refractivity contribution in [2.75, 3.05) is 13.2 Å². The summed E-state index contributed by atoms with van der Waals surface area (Å²) in [6.45, 7) is 4.97. The van der Waals surface area contributed by atoms with Crippen LogP contribution in [0.15, 0.2) is 10.8 Å². The van der Waals surface area contributed by atoms with Crippen LogP contribution in [0.2, 0.25) is 0 Å². The molecule has 1 unspecified atom stereocenters. The van der Waals surface area contributed by atoms with Crippen LogP contribution >= 0.6 is 11.3 Å². The number of aryl methyl sites for hydroxylation is 1. The average molecular weight is 186 g/mol. The molecule has 12 heavy (non-hydrogen) atoms. The van der Waals surface area contributed by atoms with Crippen molar-refractivity contribution < 1.29 is 9.84 Å². The van der Waals surface area contributed by atoms with E-state index in [-0.39, 0.29) is 0 Å². The van der Waals surface area contributed by atoms with E-state index in [4.69, 9.17) is 4.74 Å². The van der Waals surface area contributed by atoms with Gasteiger partial charge in [-0.2, -0.15) is 11.3 Å². The first-order chi connectivity index (χ1) is 5.75. The summed E-state index contributed by atoms with van der Waals surface area (Å²) in [5.41, 5.74) is 2.14. The predicted molar refractivity (Wildman–Crippen MR) is 50.5 cm³/mol. The van der Waals surface area contributed by atoms with Gasteiger partial charge in [0.05, 0.1) is 6.61 Å². The molecule has 68 valence electrons. The molecule has 0 radical (unpaired) electrons. The molecular formula is C9H14O2S. The van der Waals surface area contributed by atoms with E-state index in [0.717, 1.165) is 11.1 Å². The van der Waals surface area contributed by atoms with E-state index >= 15 is 0 Å². The maximum atomic E-state index is 9.60. The lowest BCUT2D eigenvalue weighted by Gasteiger charge is -2.09. The molecule has 1 aromatic rings. The van der Waals surface area contributed by atoms with Gasteiger partial charge in [-0.05, 0) is 35.7 Å². The van der Waals surface area contributed by atoms with Crippen molar-refractivity contribution in [1.29, 1.82) is 0 Å². The highest BCUT2D eigenvalue weighted by molar-refractivity contribution is 7.08. The number of aliphatic hydroxyl groups excluding tert-OH is 1. The molecule has 1 aromatic heterocycles. The summed E-state index contributed by atoms with van der Waals surface area (Å²) in [6, 6.07) is 0. The Balaban J connectivity index is 2.52. The van der Waals surface area contributed by atoms with E-state index < -0.39 is 6.10 Å². The summed E-state index contributed by atoms with van der Waals surface area (Å²) < 4.78 is 5.13. The van der Waals surface area contributed by atoms with Crippen LogP contribution in [0.4, 0.5) is 0 Å². The molecule has 0 fully saturated rings. The fourth-order valence-corrected chi connectivity index (χ4v) is 1.93. The van der Waals surface area contributed by atoms with Gasteiger partial charge in [-0.25, -0.2) is 0 Å². The van der Waals surface area contributed by atoms with Crippen molar-refractivity contribution in [2.24, 2.45) is 0 Å². The van der Waals surface area contributed by atoms with Crippen molar-refractivity contribution in [3.63, 3.8) is 0 Å². The molecule has 0 aliphatic heterocycles. The molecule has 1 atom stereocenters. The molecule has 0 aliphatic carbocycles. The van der Waals surface area contributed by atoms with Crippen molar-refractivity contribution >= 4 is 11.3 Å². The van der Waals surface area contributed by atoms with Gasteiger partial charge in [-0.1, -0.05) is 0 Å². The molecule has 0 aliphatic rings. The molecule has 0 aromatic carbocycles. The van der Waals surface area contributed by atoms with E-state index in [0.29, 0.717) is 13.2 Å². The second-order valence-electron chi connectivity index (χ2n) is 2.69. The Morgan fingerprint density at radius 1 is 1.58 bits per heavy atom. The summed E-state index contributed by atoms with van der Waals surface area (Å²) in [4.78, 5) is 0. The molecule has 1 heterocycles. The van der Waals surface area contributed by atoms with E-state index in [1.807, 2.05) is 24.6 Å². The molecule has 1 N–H and O–H groups in total. The van der Waals surface area contributed by atoms with E-state index in [9.17, 15) is 5.11 Å². The fraction of sp³-hybridized carbons (Fsp3) is 0.556. The zero-order valence-corrected chi connectivity index (χ0v) is 8.23. The molecule has 2 nitrogen and oxygen atoms in total. The highest BCUT2D eigenvalue weighted by atomic mass is 32.1. The Hall–Kier alpha value is -0.380. The monoisotopic (exact) mass is 186 g/mol. The van der Waals surface area contributed by atoms with Crippen LogP contribution in [-0.4, -0.2) is 18.3 Å². The predicted octanol–water partition coefficient (Wildman–Crippen LogP) is 2.13. The van der Waals surface area contributed by atoms with Gasteiger partial charge >= 0.3 is 0 Å². The Bertz CT molecular complexity index is 232. The van der Waals surface area contributed by atoms with Crippen LogP contribution in [0.25, 0.3) is 0 Å². The lowest BCUT2D eigenvalue weighted by atomic mass is 10.1. The minimum atomic E-state index is -0.462. The minimum Gasteiger partial charge on any atom is -0.386 e. The molecular weight excluding hydrogens is 172 g/mol. The topological polar surface area (TPSA) is 29.5 Å². The number of aliphatic hydroxyl groups is 1. The smallest absolute Gasteiger partial charge is 0.103 e. The largest absolute Gasteiger partial charge is 0.386 e. The highest BCUT2D eigenvalue weighted by Gasteiger charge is 2.10. The molecule has 0 saturated carbocycles. The van der Waals surface area contributed by atoms with Crippen molar-refractivity contribution in [1.82, 2.24) is 0 Å². The zero-order valence-electron chi connectivity index (χ0n) is 7.41. The number of hydrogen-bond donors (Lipinski definition) is 1. The first-order valence-electron chi connectivity index (χ1n) is 4.04. The molecule has 0 bridgehead atoms. The second-order valence-corrected chi connectivity index (χ2v) is 3.43. The van der Waals surface area contributed by atoms with Gasteiger partial charge in [-0.3, -0.25) is 0 Å². The van der Waals surface area contributed by atoms with Crippen molar-refractivity contribution in [3.05, 3.63) is 21.9 Å². The number of thiophene rings is 1. The fourth-order valence-electron chi connectivity index (χ4n) is 1.03. The van der Waals surface area contributed by atoms with Gasteiger partial charge in [0.1, 0.15) is 6.10 Å². The third-order valence-corrected chi connectivity index (χ3v) is 2.61. The Labute approximate surface area is 76.8 Å². The van der Waals surface area contributed by atoms with Gasteiger partial charge in [-0.15, -0.1) is 0 Å². The lowest BCUT2D eigenvalue weighted by Crippen LogP contribution is -2.06. The van der Waals surface area contributed by atoms with Crippen LogP contribution in [0.3, 0.4) is 0 Å². The average Bonchev–Trinajstić information content (AvgIpc) is 2.47. The van der Waals surface area contributed by atoms with Gasteiger partial charge < -0.3 is 9.84 Å². The molecule has 0 saturated heterocycles. The van der Waals surface area contributed by atoms with Gasteiger partial charge in [0.2, 0.25) is 0 Å².